The second-order valence-corrected chi connectivity index (χ2v) is 8.21. The van der Waals surface area contributed by atoms with E-state index in [4.69, 9.17) is 10.7 Å². The lowest BCUT2D eigenvalue weighted by atomic mass is 10.4. The number of rotatable bonds is 2. The third-order valence-electron chi connectivity index (χ3n) is 1.58. The minimum Gasteiger partial charge on any atom is -0.224 e. The third-order valence-corrected chi connectivity index (χ3v) is 5.03. The van der Waals surface area contributed by atoms with Gasteiger partial charge >= 0.3 is 0 Å². The topological polar surface area (TPSA) is 68.3 Å². The summed E-state index contributed by atoms with van der Waals surface area (Å²) in [7, 11) is -2.31. The van der Waals surface area contributed by atoms with E-state index in [1.807, 2.05) is 0 Å². The van der Waals surface area contributed by atoms with Gasteiger partial charge in [0.25, 0.3) is 9.05 Å². The number of benzene rings is 1. The third kappa shape index (κ3) is 3.17. The average molecular weight is 334 g/mol. The van der Waals surface area contributed by atoms with Gasteiger partial charge in [-0.3, -0.25) is 0 Å². The van der Waals surface area contributed by atoms with Crippen LogP contribution in [0.25, 0.3) is 0 Å². The van der Waals surface area contributed by atoms with Gasteiger partial charge in [-0.05, 0) is 34.1 Å². The fourth-order valence-corrected chi connectivity index (χ4v) is 3.66. The van der Waals surface area contributed by atoms with Gasteiger partial charge in [0, 0.05) is 21.4 Å². The van der Waals surface area contributed by atoms with Crippen LogP contribution >= 0.6 is 26.6 Å². The van der Waals surface area contributed by atoms with Gasteiger partial charge in [0.05, 0.1) is 9.79 Å². The minimum atomic E-state index is -3.92. The van der Waals surface area contributed by atoms with Crippen molar-refractivity contribution in [3.05, 3.63) is 22.7 Å². The summed E-state index contributed by atoms with van der Waals surface area (Å²) in [6, 6.07) is 3.56. The normalized spacial score (nSPS) is 12.7. The van der Waals surface area contributed by atoms with E-state index >= 15 is 0 Å². The predicted octanol–water partition coefficient (Wildman–Crippen LogP) is 1.78. The fourth-order valence-electron chi connectivity index (χ4n) is 0.919. The monoisotopic (exact) mass is 332 g/mol. The van der Waals surface area contributed by atoms with Crippen LogP contribution in [0.3, 0.4) is 0 Å². The first-order valence-corrected chi connectivity index (χ1v) is 8.56. The molecule has 1 rings (SSSR count). The van der Waals surface area contributed by atoms with Crippen LogP contribution in [0.2, 0.25) is 0 Å². The Kier molecular flexibility index (Phi) is 3.49. The van der Waals surface area contributed by atoms with Crippen molar-refractivity contribution in [2.24, 2.45) is 0 Å². The van der Waals surface area contributed by atoms with E-state index in [0.717, 1.165) is 12.3 Å². The van der Waals surface area contributed by atoms with E-state index < -0.39 is 18.9 Å². The van der Waals surface area contributed by atoms with Crippen molar-refractivity contribution in [1.29, 1.82) is 0 Å². The van der Waals surface area contributed by atoms with Crippen molar-refractivity contribution >= 4 is 45.5 Å². The summed E-state index contributed by atoms with van der Waals surface area (Å²) in [6.07, 6.45) is 0.984. The molecular weight excluding hydrogens is 328 g/mol. The molecule has 8 heteroatoms. The molecule has 0 unspecified atom stereocenters. The summed E-state index contributed by atoms with van der Waals surface area (Å²) < 4.78 is 44.8. The zero-order valence-electron chi connectivity index (χ0n) is 7.44. The average Bonchev–Trinajstić information content (AvgIpc) is 2.00. The van der Waals surface area contributed by atoms with Gasteiger partial charge in [-0.2, -0.15) is 0 Å². The van der Waals surface area contributed by atoms with Crippen LogP contribution in [0.15, 0.2) is 32.5 Å². The Morgan fingerprint density at radius 1 is 1.20 bits per heavy atom. The van der Waals surface area contributed by atoms with Gasteiger partial charge in [0.2, 0.25) is 0 Å². The Morgan fingerprint density at radius 3 is 2.13 bits per heavy atom. The first kappa shape index (κ1) is 13.0. The Hall–Kier alpha value is -0.110. The van der Waals surface area contributed by atoms with Gasteiger partial charge in [0.1, 0.15) is 0 Å². The molecule has 0 amide bonds. The lowest BCUT2D eigenvalue weighted by molar-refractivity contribution is 0.601. The van der Waals surface area contributed by atoms with Crippen molar-refractivity contribution < 1.29 is 16.8 Å². The summed E-state index contributed by atoms with van der Waals surface area (Å²) in [5.74, 6) is 0. The van der Waals surface area contributed by atoms with E-state index in [-0.39, 0.29) is 9.79 Å². The molecule has 0 saturated carbocycles. The van der Waals surface area contributed by atoms with E-state index in [0.29, 0.717) is 4.47 Å². The van der Waals surface area contributed by atoms with Crippen LogP contribution in [-0.4, -0.2) is 23.1 Å². The van der Waals surface area contributed by atoms with Crippen LogP contribution in [0.1, 0.15) is 0 Å². The molecule has 0 heterocycles. The molecule has 4 nitrogen and oxygen atoms in total. The van der Waals surface area contributed by atoms with Gasteiger partial charge in [0.15, 0.2) is 9.84 Å². The molecule has 0 aromatic heterocycles. The molecule has 0 radical (unpaired) electrons. The Balaban J connectivity index is 3.57. The molecule has 0 aliphatic heterocycles. The number of hydrogen-bond acceptors (Lipinski definition) is 4. The second-order valence-electron chi connectivity index (χ2n) is 2.80. The lowest BCUT2D eigenvalue weighted by Crippen LogP contribution is -2.00. The van der Waals surface area contributed by atoms with Crippen LogP contribution in [0, 0.1) is 0 Å². The first-order chi connectivity index (χ1) is 6.62. The Bertz CT molecular complexity index is 591. The standard InChI is InChI=1S/C7H6BrClO4S2/c1-14(10,11)7-4-5(15(9,12)13)2-3-6(7)8/h2-4H,1H3. The molecule has 0 N–H and O–H groups in total. The van der Waals surface area contributed by atoms with E-state index in [1.165, 1.54) is 12.1 Å². The van der Waals surface area contributed by atoms with E-state index in [1.54, 1.807) is 0 Å². The zero-order chi connectivity index (χ0) is 11.9. The highest BCUT2D eigenvalue weighted by atomic mass is 79.9. The molecule has 1 aromatic carbocycles. The highest BCUT2D eigenvalue weighted by molar-refractivity contribution is 9.10. The number of halogens is 2. The van der Waals surface area contributed by atoms with Crippen LogP contribution < -0.4 is 0 Å². The SMILES string of the molecule is CS(=O)(=O)c1cc(S(=O)(=O)Cl)ccc1Br. The van der Waals surface area contributed by atoms with Crippen molar-refractivity contribution in [3.63, 3.8) is 0 Å². The summed E-state index contributed by atoms with van der Waals surface area (Å²) >= 11 is 3.02. The molecule has 0 aliphatic rings. The van der Waals surface area contributed by atoms with E-state index in [2.05, 4.69) is 15.9 Å². The van der Waals surface area contributed by atoms with Crippen molar-refractivity contribution in [3.8, 4) is 0 Å². The Morgan fingerprint density at radius 2 is 1.73 bits per heavy atom. The smallest absolute Gasteiger partial charge is 0.224 e. The lowest BCUT2D eigenvalue weighted by Gasteiger charge is -2.03. The maximum atomic E-state index is 11.3. The number of sulfone groups is 1. The van der Waals surface area contributed by atoms with Gasteiger partial charge in [-0.15, -0.1) is 0 Å². The molecule has 0 saturated heterocycles. The maximum Gasteiger partial charge on any atom is 0.261 e. The number of hydrogen-bond donors (Lipinski definition) is 0. The second kappa shape index (κ2) is 4.04. The minimum absolute atomic E-state index is 0.107. The summed E-state index contributed by atoms with van der Waals surface area (Å²) in [5.41, 5.74) is 0. The van der Waals surface area contributed by atoms with Crippen LogP contribution in [0.5, 0.6) is 0 Å². The summed E-state index contributed by atoms with van der Waals surface area (Å²) in [6.45, 7) is 0. The molecule has 0 bridgehead atoms. The first-order valence-electron chi connectivity index (χ1n) is 3.56. The molecule has 1 aromatic rings. The summed E-state index contributed by atoms with van der Waals surface area (Å²) in [5, 5.41) is 0. The van der Waals surface area contributed by atoms with Gasteiger partial charge < -0.3 is 0 Å². The van der Waals surface area contributed by atoms with Gasteiger partial charge in [-0.1, -0.05) is 0 Å². The molecule has 0 aliphatic carbocycles. The maximum absolute atomic E-state index is 11.3. The molecule has 84 valence electrons. The van der Waals surface area contributed by atoms with Crippen molar-refractivity contribution in [2.75, 3.05) is 6.26 Å². The predicted molar refractivity (Wildman–Crippen MR) is 60.3 cm³/mol. The molecule has 15 heavy (non-hydrogen) atoms. The molecule has 0 spiro atoms. The molecule has 0 atom stereocenters. The Labute approximate surface area is 101 Å². The zero-order valence-corrected chi connectivity index (χ0v) is 11.4. The molecular formula is C7H6BrClO4S2. The van der Waals surface area contributed by atoms with E-state index in [9.17, 15) is 16.8 Å². The van der Waals surface area contributed by atoms with Crippen molar-refractivity contribution in [1.82, 2.24) is 0 Å². The van der Waals surface area contributed by atoms with Crippen LogP contribution in [-0.2, 0) is 18.9 Å². The van der Waals surface area contributed by atoms with Gasteiger partial charge in [-0.25, -0.2) is 16.8 Å². The molecule has 0 fully saturated rings. The highest BCUT2D eigenvalue weighted by Gasteiger charge is 2.17. The van der Waals surface area contributed by atoms with Crippen molar-refractivity contribution in [2.45, 2.75) is 9.79 Å². The highest BCUT2D eigenvalue weighted by Crippen LogP contribution is 2.26. The fraction of sp³-hybridized carbons (Fsp3) is 0.143. The summed E-state index contributed by atoms with van der Waals surface area (Å²) in [4.78, 5) is -0.350. The van der Waals surface area contributed by atoms with Crippen LogP contribution in [0.4, 0.5) is 0 Å². The largest absolute Gasteiger partial charge is 0.261 e. The quantitative estimate of drug-likeness (QED) is 0.774.